The van der Waals surface area contributed by atoms with Crippen LogP contribution >= 0.6 is 11.3 Å². The van der Waals surface area contributed by atoms with Crippen LogP contribution in [-0.4, -0.2) is 74.1 Å². The smallest absolute Gasteiger partial charge is 0.265 e. The van der Waals surface area contributed by atoms with Crippen LogP contribution in [0.5, 0.6) is 0 Å². The zero-order chi connectivity index (χ0) is 18.6. The second kappa shape index (κ2) is 8.29. The quantitative estimate of drug-likeness (QED) is 0.710. The van der Waals surface area contributed by atoms with Crippen LogP contribution in [0.25, 0.3) is 0 Å². The maximum absolute atomic E-state index is 12.8. The van der Waals surface area contributed by atoms with Crippen molar-refractivity contribution in [1.29, 1.82) is 0 Å². The molecule has 25 heavy (non-hydrogen) atoms. The first-order chi connectivity index (χ1) is 11.8. The topological polar surface area (TPSA) is 78.0 Å². The summed E-state index contributed by atoms with van der Waals surface area (Å²) in [6, 6.07) is 1.48. The van der Waals surface area contributed by atoms with E-state index in [1.165, 1.54) is 22.3 Å². The van der Waals surface area contributed by atoms with Crippen LogP contribution in [0.2, 0.25) is 0 Å². The Hall–Kier alpha value is -1.45. The third-order valence-corrected chi connectivity index (χ3v) is 7.31. The van der Waals surface area contributed by atoms with Crippen molar-refractivity contribution in [3.8, 4) is 0 Å². The molecule has 0 N–H and O–H groups in total. The maximum atomic E-state index is 12.8. The van der Waals surface area contributed by atoms with Gasteiger partial charge in [-0.05, 0) is 38.1 Å². The molecule has 7 nitrogen and oxygen atoms in total. The number of carbonyl (C=O) groups is 2. The molecule has 0 radical (unpaired) electrons. The van der Waals surface area contributed by atoms with E-state index in [4.69, 9.17) is 0 Å². The fraction of sp³-hybridized carbons (Fsp3) is 0.625. The lowest BCUT2D eigenvalue weighted by molar-refractivity contribution is -0.131. The lowest BCUT2D eigenvalue weighted by atomic mass is 10.3. The van der Waals surface area contributed by atoms with E-state index in [0.29, 0.717) is 26.2 Å². The predicted molar refractivity (Wildman–Crippen MR) is 97.2 cm³/mol. The van der Waals surface area contributed by atoms with Crippen molar-refractivity contribution < 1.29 is 18.0 Å². The van der Waals surface area contributed by atoms with Crippen molar-refractivity contribution in [2.75, 3.05) is 39.8 Å². The monoisotopic (exact) mass is 387 g/mol. The van der Waals surface area contributed by atoms with E-state index >= 15 is 0 Å². The molecule has 2 rings (SSSR count). The second-order valence-corrected chi connectivity index (χ2v) is 8.77. The number of hydrogen-bond donors (Lipinski definition) is 0. The van der Waals surface area contributed by atoms with Gasteiger partial charge in [0.1, 0.15) is 9.77 Å². The summed E-state index contributed by atoms with van der Waals surface area (Å²) in [7, 11) is -2.13. The summed E-state index contributed by atoms with van der Waals surface area (Å²) in [4.78, 5) is 28.0. The molecule has 2 amide bonds. The zero-order valence-electron chi connectivity index (χ0n) is 14.9. The Balaban J connectivity index is 2.18. The van der Waals surface area contributed by atoms with E-state index in [1.54, 1.807) is 10.3 Å². The number of likely N-dealkylation sites (N-methyl/N-ethyl adjacent to an activating group) is 2. The summed E-state index contributed by atoms with van der Waals surface area (Å²) < 4.78 is 26.9. The molecule has 0 saturated carbocycles. The van der Waals surface area contributed by atoms with Crippen LogP contribution in [0.3, 0.4) is 0 Å². The molecular formula is C16H25N3O4S2. The van der Waals surface area contributed by atoms with Gasteiger partial charge in [-0.3, -0.25) is 9.59 Å². The van der Waals surface area contributed by atoms with E-state index in [9.17, 15) is 18.0 Å². The highest BCUT2D eigenvalue weighted by molar-refractivity contribution is 7.89. The number of amides is 2. The van der Waals surface area contributed by atoms with Crippen molar-refractivity contribution in [1.82, 2.24) is 14.1 Å². The van der Waals surface area contributed by atoms with Gasteiger partial charge in [0.15, 0.2) is 0 Å². The van der Waals surface area contributed by atoms with Crippen LogP contribution in [0.1, 0.15) is 36.4 Å². The Kier molecular flexibility index (Phi) is 6.59. The average Bonchev–Trinajstić information content (AvgIpc) is 3.27. The zero-order valence-corrected chi connectivity index (χ0v) is 16.5. The first-order valence-electron chi connectivity index (χ1n) is 8.43. The normalized spacial score (nSPS) is 15.3. The van der Waals surface area contributed by atoms with Crippen LogP contribution in [0, 0.1) is 0 Å². The first kappa shape index (κ1) is 19.9. The summed E-state index contributed by atoms with van der Waals surface area (Å²) >= 11 is 1.10. The molecule has 1 saturated heterocycles. The number of carbonyl (C=O) groups excluding carboxylic acids is 2. The fourth-order valence-corrected chi connectivity index (χ4v) is 5.75. The molecule has 0 unspecified atom stereocenters. The molecule has 1 fully saturated rings. The maximum Gasteiger partial charge on any atom is 0.265 e. The summed E-state index contributed by atoms with van der Waals surface area (Å²) in [5, 5.41) is 1.61. The van der Waals surface area contributed by atoms with Crippen molar-refractivity contribution in [3.05, 3.63) is 16.3 Å². The Morgan fingerprint density at radius 3 is 2.36 bits per heavy atom. The highest BCUT2D eigenvalue weighted by Gasteiger charge is 2.33. The third-order valence-electron chi connectivity index (χ3n) is 4.34. The van der Waals surface area contributed by atoms with Crippen molar-refractivity contribution in [3.63, 3.8) is 0 Å². The van der Waals surface area contributed by atoms with Gasteiger partial charge >= 0.3 is 0 Å². The van der Waals surface area contributed by atoms with Gasteiger partial charge in [0.2, 0.25) is 15.9 Å². The molecular weight excluding hydrogens is 362 g/mol. The number of hydrogen-bond acceptors (Lipinski definition) is 5. The largest absolute Gasteiger partial charge is 0.342 e. The lowest BCUT2D eigenvalue weighted by Gasteiger charge is -2.23. The summed E-state index contributed by atoms with van der Waals surface area (Å²) in [6.45, 7) is 5.81. The summed E-state index contributed by atoms with van der Waals surface area (Å²) in [5.74, 6) is -0.588. The highest BCUT2D eigenvalue weighted by atomic mass is 32.2. The molecule has 1 aliphatic rings. The van der Waals surface area contributed by atoms with Gasteiger partial charge in [0.05, 0.1) is 6.54 Å². The molecule has 9 heteroatoms. The molecule has 0 atom stereocenters. The Labute approximate surface area is 153 Å². The van der Waals surface area contributed by atoms with Crippen LogP contribution < -0.4 is 0 Å². The minimum Gasteiger partial charge on any atom is -0.342 e. The molecule has 1 aliphatic heterocycles. The van der Waals surface area contributed by atoms with Gasteiger partial charge in [-0.25, -0.2) is 8.42 Å². The Morgan fingerprint density at radius 1 is 1.20 bits per heavy atom. The van der Waals surface area contributed by atoms with Crippen LogP contribution in [0.15, 0.2) is 16.3 Å². The third kappa shape index (κ3) is 4.21. The molecule has 140 valence electrons. The van der Waals surface area contributed by atoms with E-state index < -0.39 is 15.9 Å². The van der Waals surface area contributed by atoms with E-state index in [2.05, 4.69) is 0 Å². The standard InChI is InChI=1S/C16H25N3O4S2/c1-4-18(5-2)14(20)12-17(3)16(21)15-13(8-11-24-15)25(22,23)19-9-6-7-10-19/h8,11H,4-7,9-10,12H2,1-3H3. The minimum absolute atomic E-state index is 0.0477. The van der Waals surface area contributed by atoms with Crippen molar-refractivity contribution >= 4 is 33.2 Å². The Morgan fingerprint density at radius 2 is 1.80 bits per heavy atom. The average molecular weight is 388 g/mol. The summed E-state index contributed by atoms with van der Waals surface area (Å²) in [5.41, 5.74) is 0. The predicted octanol–water partition coefficient (Wildman–Crippen LogP) is 1.47. The Bertz CT molecular complexity index is 719. The van der Waals surface area contributed by atoms with Gasteiger partial charge in [-0.2, -0.15) is 4.31 Å². The second-order valence-electron chi connectivity index (χ2n) is 5.95. The van der Waals surface area contributed by atoms with Crippen LogP contribution in [0.4, 0.5) is 0 Å². The molecule has 2 heterocycles. The van der Waals surface area contributed by atoms with E-state index in [-0.39, 0.29) is 22.2 Å². The lowest BCUT2D eigenvalue weighted by Crippen LogP contribution is -2.41. The van der Waals surface area contributed by atoms with Crippen molar-refractivity contribution in [2.45, 2.75) is 31.6 Å². The minimum atomic E-state index is -3.66. The van der Waals surface area contributed by atoms with Crippen molar-refractivity contribution in [2.24, 2.45) is 0 Å². The van der Waals surface area contributed by atoms with Gasteiger partial charge in [0.25, 0.3) is 5.91 Å². The van der Waals surface area contributed by atoms with Gasteiger partial charge in [-0.1, -0.05) is 0 Å². The van der Waals surface area contributed by atoms with E-state index in [1.807, 2.05) is 13.8 Å². The first-order valence-corrected chi connectivity index (χ1v) is 10.8. The number of rotatable bonds is 7. The molecule has 0 spiro atoms. The molecule has 0 aliphatic carbocycles. The molecule has 0 aromatic carbocycles. The fourth-order valence-electron chi connectivity index (χ4n) is 2.85. The van der Waals surface area contributed by atoms with Gasteiger partial charge < -0.3 is 9.80 Å². The highest BCUT2D eigenvalue weighted by Crippen LogP contribution is 2.28. The SMILES string of the molecule is CCN(CC)C(=O)CN(C)C(=O)c1sccc1S(=O)(=O)N1CCCC1. The number of thiophene rings is 1. The van der Waals surface area contributed by atoms with Crippen LogP contribution in [-0.2, 0) is 14.8 Å². The summed E-state index contributed by atoms with van der Waals surface area (Å²) in [6.07, 6.45) is 1.68. The molecule has 1 aromatic rings. The van der Waals surface area contributed by atoms with Gasteiger partial charge in [0, 0.05) is 33.2 Å². The molecule has 0 bridgehead atoms. The van der Waals surface area contributed by atoms with Gasteiger partial charge in [-0.15, -0.1) is 11.3 Å². The molecule has 1 aromatic heterocycles. The number of nitrogens with zero attached hydrogens (tertiary/aromatic N) is 3. The number of sulfonamides is 1. The van der Waals surface area contributed by atoms with E-state index in [0.717, 1.165) is 24.2 Å².